The number of nitroso groups, excluding NO2 is 1. The van der Waals surface area contributed by atoms with Gasteiger partial charge >= 0.3 is 5.91 Å². The molecule has 1 amide bonds. The molecule has 0 aromatic heterocycles. The molecule has 0 spiro atoms. The summed E-state index contributed by atoms with van der Waals surface area (Å²) in [6, 6.07) is 9.86. The summed E-state index contributed by atoms with van der Waals surface area (Å²) in [5.41, 5.74) is 0.821. The highest BCUT2D eigenvalue weighted by molar-refractivity contribution is 5.99. The van der Waals surface area contributed by atoms with Crippen LogP contribution in [0.2, 0.25) is 0 Å². The van der Waals surface area contributed by atoms with Crippen molar-refractivity contribution in [1.29, 1.82) is 0 Å². The molecule has 0 N–H and O–H groups in total. The van der Waals surface area contributed by atoms with Crippen molar-refractivity contribution in [3.05, 3.63) is 52.4 Å². The Hall–Kier alpha value is -2.36. The largest absolute Gasteiger partial charge is 0.316 e. The second-order valence-corrected chi connectivity index (χ2v) is 3.34. The highest BCUT2D eigenvalue weighted by atomic mass is 16.3. The molecule has 0 bridgehead atoms. The zero-order valence-corrected chi connectivity index (χ0v) is 8.21. The Kier molecular flexibility index (Phi) is 2.55. The molecule has 0 radical (unpaired) electrons. The molecule has 2 rings (SSSR count). The zero-order chi connectivity index (χ0) is 11.5. The third-order valence-corrected chi connectivity index (χ3v) is 2.33. The van der Waals surface area contributed by atoms with Crippen molar-refractivity contribution in [1.82, 2.24) is 0 Å². The fraction of sp³-hybridized carbons (Fsp3) is 0. The predicted octanol–water partition coefficient (Wildman–Crippen LogP) is 2.56. The Labute approximate surface area is 90.9 Å². The van der Waals surface area contributed by atoms with Gasteiger partial charge < -0.3 is 0 Å². The van der Waals surface area contributed by atoms with Crippen LogP contribution in [0.15, 0.2) is 41.6 Å². The molecule has 0 fully saturated rings. The van der Waals surface area contributed by atoms with Gasteiger partial charge in [-0.05, 0) is 29.0 Å². The fourth-order valence-corrected chi connectivity index (χ4v) is 1.52. The van der Waals surface area contributed by atoms with Crippen molar-refractivity contribution in [2.45, 2.75) is 0 Å². The van der Waals surface area contributed by atoms with Gasteiger partial charge in [0.05, 0.1) is 0 Å². The number of aldehydes is 1. The van der Waals surface area contributed by atoms with Crippen molar-refractivity contribution in [2.24, 2.45) is 5.18 Å². The maximum absolute atomic E-state index is 11.0. The maximum Gasteiger partial charge on any atom is 0.316 e. The molecule has 0 atom stereocenters. The minimum atomic E-state index is -0.790. The SMILES string of the molecule is O=Cc1ccc2cc(C(=O)N=O)ccc2c1. The van der Waals surface area contributed by atoms with Crippen LogP contribution in [-0.2, 0) is 0 Å². The van der Waals surface area contributed by atoms with Gasteiger partial charge in [-0.1, -0.05) is 18.2 Å². The zero-order valence-electron chi connectivity index (χ0n) is 8.21. The van der Waals surface area contributed by atoms with Gasteiger partial charge in [0.1, 0.15) is 6.29 Å². The summed E-state index contributed by atoms with van der Waals surface area (Å²) in [7, 11) is 0. The van der Waals surface area contributed by atoms with E-state index in [1.54, 1.807) is 30.3 Å². The van der Waals surface area contributed by atoms with Crippen molar-refractivity contribution in [3.63, 3.8) is 0 Å². The predicted molar refractivity (Wildman–Crippen MR) is 59.5 cm³/mol. The average Bonchev–Trinajstić information content (AvgIpc) is 2.36. The number of carbonyl (C=O) groups excluding carboxylic acids is 2. The third-order valence-electron chi connectivity index (χ3n) is 2.33. The number of fused-ring (bicyclic) bond motifs is 1. The van der Waals surface area contributed by atoms with E-state index >= 15 is 0 Å². The van der Waals surface area contributed by atoms with Crippen molar-refractivity contribution in [2.75, 3.05) is 0 Å². The van der Waals surface area contributed by atoms with E-state index in [4.69, 9.17) is 0 Å². The lowest BCUT2D eigenvalue weighted by Crippen LogP contribution is -1.92. The number of amides is 1. The summed E-state index contributed by atoms with van der Waals surface area (Å²) in [5, 5.41) is 3.99. The highest BCUT2D eigenvalue weighted by Crippen LogP contribution is 2.17. The van der Waals surface area contributed by atoms with E-state index in [0.29, 0.717) is 5.56 Å². The molecule has 0 aliphatic rings. The lowest BCUT2D eigenvalue weighted by atomic mass is 10.0. The highest BCUT2D eigenvalue weighted by Gasteiger charge is 2.06. The summed E-state index contributed by atoms with van der Waals surface area (Å²) in [4.78, 5) is 31.7. The van der Waals surface area contributed by atoms with E-state index in [1.807, 2.05) is 0 Å². The van der Waals surface area contributed by atoms with Gasteiger partial charge in [0.15, 0.2) is 0 Å². The van der Waals surface area contributed by atoms with Gasteiger partial charge in [0.2, 0.25) is 0 Å². The van der Waals surface area contributed by atoms with E-state index in [9.17, 15) is 14.5 Å². The van der Waals surface area contributed by atoms with Crippen LogP contribution >= 0.6 is 0 Å². The minimum Gasteiger partial charge on any atom is -0.298 e. The smallest absolute Gasteiger partial charge is 0.298 e. The molecule has 0 saturated carbocycles. The Morgan fingerprint density at radius 1 is 1.06 bits per heavy atom. The van der Waals surface area contributed by atoms with Gasteiger partial charge in [-0.2, -0.15) is 0 Å². The van der Waals surface area contributed by atoms with E-state index in [0.717, 1.165) is 17.1 Å². The van der Waals surface area contributed by atoms with Crippen molar-refractivity contribution >= 4 is 23.0 Å². The van der Waals surface area contributed by atoms with Crippen LogP contribution in [0.5, 0.6) is 0 Å². The summed E-state index contributed by atoms with van der Waals surface area (Å²) in [5.74, 6) is -0.790. The monoisotopic (exact) mass is 213 g/mol. The molecule has 2 aromatic carbocycles. The van der Waals surface area contributed by atoms with E-state index in [-0.39, 0.29) is 5.56 Å². The number of hydrogen-bond donors (Lipinski definition) is 0. The Balaban J connectivity index is 2.59. The number of benzene rings is 2. The normalized spacial score (nSPS) is 10.0. The van der Waals surface area contributed by atoms with Gasteiger partial charge in [0.25, 0.3) is 0 Å². The fourth-order valence-electron chi connectivity index (χ4n) is 1.52. The molecule has 0 aliphatic heterocycles. The second-order valence-electron chi connectivity index (χ2n) is 3.34. The van der Waals surface area contributed by atoms with Gasteiger partial charge in [-0.15, -0.1) is 4.91 Å². The van der Waals surface area contributed by atoms with Crippen molar-refractivity contribution < 1.29 is 9.59 Å². The van der Waals surface area contributed by atoms with Gasteiger partial charge in [0, 0.05) is 16.3 Å². The van der Waals surface area contributed by atoms with E-state index < -0.39 is 5.91 Å². The van der Waals surface area contributed by atoms with Crippen LogP contribution in [0.3, 0.4) is 0 Å². The van der Waals surface area contributed by atoms with Crippen molar-refractivity contribution in [3.8, 4) is 0 Å². The summed E-state index contributed by atoms with van der Waals surface area (Å²) >= 11 is 0. The first-order valence-corrected chi connectivity index (χ1v) is 4.61. The minimum absolute atomic E-state index is 0.251. The van der Waals surface area contributed by atoms with E-state index in [2.05, 4.69) is 5.18 Å². The first-order chi connectivity index (χ1) is 7.74. The molecule has 0 aliphatic carbocycles. The van der Waals surface area contributed by atoms with Crippen LogP contribution in [0, 0.1) is 4.91 Å². The van der Waals surface area contributed by atoms with Crippen LogP contribution < -0.4 is 0 Å². The number of carbonyl (C=O) groups is 2. The number of nitrogens with zero attached hydrogens (tertiary/aromatic N) is 1. The molecule has 0 heterocycles. The Morgan fingerprint density at radius 2 is 1.75 bits per heavy atom. The average molecular weight is 213 g/mol. The first kappa shape index (κ1) is 10.2. The van der Waals surface area contributed by atoms with Crippen LogP contribution in [-0.4, -0.2) is 12.2 Å². The first-order valence-electron chi connectivity index (χ1n) is 4.61. The second kappa shape index (κ2) is 4.02. The Morgan fingerprint density at radius 3 is 2.44 bits per heavy atom. The molecule has 0 unspecified atom stereocenters. The molecular formula is C12H7NO3. The number of rotatable bonds is 2. The molecule has 4 heteroatoms. The molecule has 78 valence electrons. The quantitative estimate of drug-likeness (QED) is 0.568. The molecule has 16 heavy (non-hydrogen) atoms. The number of hydrogen-bond acceptors (Lipinski definition) is 3. The summed E-state index contributed by atoms with van der Waals surface area (Å²) in [6.45, 7) is 0. The summed E-state index contributed by atoms with van der Waals surface area (Å²) in [6.07, 6.45) is 0.755. The van der Waals surface area contributed by atoms with Crippen LogP contribution in [0.25, 0.3) is 10.8 Å². The topological polar surface area (TPSA) is 63.6 Å². The standard InChI is InChI=1S/C12H7NO3/c14-7-8-1-2-10-6-11(12(15)13-16)4-3-9(10)5-8/h1-7H. The molecule has 0 saturated heterocycles. The Bertz CT molecular complexity index is 590. The lowest BCUT2D eigenvalue weighted by Gasteiger charge is -2.00. The van der Waals surface area contributed by atoms with Crippen LogP contribution in [0.4, 0.5) is 0 Å². The third kappa shape index (κ3) is 1.72. The molecule has 2 aromatic rings. The summed E-state index contributed by atoms with van der Waals surface area (Å²) < 4.78 is 0. The molecule has 4 nitrogen and oxygen atoms in total. The molecular weight excluding hydrogens is 206 g/mol. The van der Waals surface area contributed by atoms with E-state index in [1.165, 1.54) is 6.07 Å². The van der Waals surface area contributed by atoms with Gasteiger partial charge in [-0.25, -0.2) is 0 Å². The van der Waals surface area contributed by atoms with Crippen LogP contribution in [0.1, 0.15) is 20.7 Å². The lowest BCUT2D eigenvalue weighted by molar-refractivity contribution is 0.100. The maximum atomic E-state index is 11.0. The van der Waals surface area contributed by atoms with Gasteiger partial charge in [-0.3, -0.25) is 9.59 Å².